The lowest BCUT2D eigenvalue weighted by Gasteiger charge is -2.34. The number of piperazine rings is 1. The highest BCUT2D eigenvalue weighted by Gasteiger charge is 2.27. The van der Waals surface area contributed by atoms with Crippen molar-refractivity contribution in [3.05, 3.63) is 59.8 Å². The SMILES string of the molecule is COc1ccc(C(=O)N2CCN(c3oc(-c4ccccc4)nc3C#N)CC2)cc1OC. The van der Waals surface area contributed by atoms with Crippen molar-refractivity contribution in [2.45, 2.75) is 0 Å². The second-order valence-electron chi connectivity index (χ2n) is 7.00. The molecule has 31 heavy (non-hydrogen) atoms. The van der Waals surface area contributed by atoms with Crippen molar-refractivity contribution in [1.29, 1.82) is 5.26 Å². The van der Waals surface area contributed by atoms with Gasteiger partial charge in [-0.15, -0.1) is 0 Å². The second-order valence-corrected chi connectivity index (χ2v) is 7.00. The number of nitriles is 1. The Labute approximate surface area is 180 Å². The van der Waals surface area contributed by atoms with E-state index in [1.165, 1.54) is 0 Å². The molecule has 1 aliphatic heterocycles. The summed E-state index contributed by atoms with van der Waals surface area (Å²) < 4.78 is 16.5. The van der Waals surface area contributed by atoms with Crippen molar-refractivity contribution in [3.63, 3.8) is 0 Å². The summed E-state index contributed by atoms with van der Waals surface area (Å²) in [5, 5.41) is 9.50. The minimum atomic E-state index is -0.0799. The summed E-state index contributed by atoms with van der Waals surface area (Å²) in [7, 11) is 3.10. The van der Waals surface area contributed by atoms with E-state index in [0.29, 0.717) is 55.0 Å². The van der Waals surface area contributed by atoms with Crippen molar-refractivity contribution in [3.8, 4) is 29.0 Å². The summed E-state index contributed by atoms with van der Waals surface area (Å²) in [6.07, 6.45) is 0. The predicted molar refractivity (Wildman–Crippen MR) is 114 cm³/mol. The number of carbonyl (C=O) groups is 1. The molecule has 3 aromatic rings. The molecule has 2 aromatic carbocycles. The number of ether oxygens (including phenoxy) is 2. The van der Waals surface area contributed by atoms with Gasteiger partial charge in [-0.05, 0) is 30.3 Å². The van der Waals surface area contributed by atoms with Crippen LogP contribution in [0.15, 0.2) is 52.9 Å². The molecular formula is C23H22N4O4. The third kappa shape index (κ3) is 4.03. The number of hydrogen-bond acceptors (Lipinski definition) is 7. The molecule has 0 bridgehead atoms. The molecule has 8 heteroatoms. The topological polar surface area (TPSA) is 91.8 Å². The summed E-state index contributed by atoms with van der Waals surface area (Å²) in [6, 6.07) is 16.7. The van der Waals surface area contributed by atoms with E-state index in [9.17, 15) is 10.1 Å². The summed E-state index contributed by atoms with van der Waals surface area (Å²) >= 11 is 0. The molecular weight excluding hydrogens is 396 g/mol. The van der Waals surface area contributed by atoms with Crippen LogP contribution in [0.5, 0.6) is 11.5 Å². The first-order valence-corrected chi connectivity index (χ1v) is 9.87. The maximum Gasteiger partial charge on any atom is 0.254 e. The number of rotatable bonds is 5. The van der Waals surface area contributed by atoms with E-state index in [1.807, 2.05) is 35.2 Å². The van der Waals surface area contributed by atoms with Crippen LogP contribution in [-0.4, -0.2) is 56.2 Å². The monoisotopic (exact) mass is 418 g/mol. The highest BCUT2D eigenvalue weighted by Crippen LogP contribution is 2.30. The summed E-state index contributed by atoms with van der Waals surface area (Å²) in [6.45, 7) is 2.08. The van der Waals surface area contributed by atoms with Gasteiger partial charge in [-0.1, -0.05) is 18.2 Å². The molecule has 0 saturated carbocycles. The molecule has 158 valence electrons. The Balaban J connectivity index is 1.47. The highest BCUT2D eigenvalue weighted by atomic mass is 16.5. The standard InChI is InChI=1S/C23H22N4O4/c1-29-19-9-8-17(14-20(19)30-2)22(28)26-10-12-27(13-11-26)23-18(15-24)25-21(31-23)16-6-4-3-5-7-16/h3-9,14H,10-13H2,1-2H3. The third-order valence-electron chi connectivity index (χ3n) is 5.22. The van der Waals surface area contributed by atoms with Crippen LogP contribution in [0.3, 0.4) is 0 Å². The zero-order valence-electron chi connectivity index (χ0n) is 17.4. The van der Waals surface area contributed by atoms with E-state index in [4.69, 9.17) is 13.9 Å². The van der Waals surface area contributed by atoms with Gasteiger partial charge >= 0.3 is 0 Å². The summed E-state index contributed by atoms with van der Waals surface area (Å²) in [5.41, 5.74) is 1.60. The quantitative estimate of drug-likeness (QED) is 0.628. The number of oxazole rings is 1. The molecule has 1 saturated heterocycles. The van der Waals surface area contributed by atoms with Gasteiger partial charge in [0.1, 0.15) is 6.07 Å². The first-order valence-electron chi connectivity index (χ1n) is 9.87. The van der Waals surface area contributed by atoms with Crippen molar-refractivity contribution < 1.29 is 18.7 Å². The first-order chi connectivity index (χ1) is 15.1. The number of benzene rings is 2. The van der Waals surface area contributed by atoms with Crippen LogP contribution >= 0.6 is 0 Å². The molecule has 4 rings (SSSR count). The minimum Gasteiger partial charge on any atom is -0.493 e. The largest absolute Gasteiger partial charge is 0.493 e. The average Bonchev–Trinajstić information content (AvgIpc) is 3.28. The van der Waals surface area contributed by atoms with Gasteiger partial charge in [0, 0.05) is 37.3 Å². The van der Waals surface area contributed by atoms with E-state index < -0.39 is 0 Å². The lowest BCUT2D eigenvalue weighted by Crippen LogP contribution is -2.48. The van der Waals surface area contributed by atoms with Crippen LogP contribution in [0.4, 0.5) is 5.88 Å². The molecule has 1 aliphatic rings. The van der Waals surface area contributed by atoms with Crippen LogP contribution < -0.4 is 14.4 Å². The van der Waals surface area contributed by atoms with E-state index in [2.05, 4.69) is 11.1 Å². The maximum absolute atomic E-state index is 12.9. The Morgan fingerprint density at radius 1 is 1.03 bits per heavy atom. The van der Waals surface area contributed by atoms with Gasteiger partial charge in [-0.3, -0.25) is 4.79 Å². The van der Waals surface area contributed by atoms with E-state index in [1.54, 1.807) is 37.3 Å². The third-order valence-corrected chi connectivity index (χ3v) is 5.22. The molecule has 0 aliphatic carbocycles. The molecule has 0 unspecified atom stereocenters. The van der Waals surface area contributed by atoms with Gasteiger partial charge in [0.05, 0.1) is 14.2 Å². The summed E-state index contributed by atoms with van der Waals surface area (Å²) in [4.78, 5) is 21.0. The number of nitrogens with zero attached hydrogens (tertiary/aromatic N) is 4. The van der Waals surface area contributed by atoms with E-state index in [0.717, 1.165) is 5.56 Å². The first kappa shape index (κ1) is 20.3. The molecule has 8 nitrogen and oxygen atoms in total. The van der Waals surface area contributed by atoms with Gasteiger partial charge in [0.2, 0.25) is 17.5 Å². The Hall–Kier alpha value is -3.99. The van der Waals surface area contributed by atoms with Crippen molar-refractivity contribution in [1.82, 2.24) is 9.88 Å². The fourth-order valence-corrected chi connectivity index (χ4v) is 3.57. The number of aromatic nitrogens is 1. The fraction of sp³-hybridized carbons (Fsp3) is 0.261. The maximum atomic E-state index is 12.9. The number of amides is 1. The van der Waals surface area contributed by atoms with E-state index in [-0.39, 0.29) is 11.6 Å². The Kier molecular flexibility index (Phi) is 5.76. The second kappa shape index (κ2) is 8.79. The predicted octanol–water partition coefficient (Wildman–Crippen LogP) is 3.19. The fourth-order valence-electron chi connectivity index (χ4n) is 3.57. The van der Waals surface area contributed by atoms with E-state index >= 15 is 0 Å². The number of carbonyl (C=O) groups excluding carboxylic acids is 1. The zero-order chi connectivity index (χ0) is 21.8. The normalized spacial score (nSPS) is 13.6. The molecule has 0 radical (unpaired) electrons. The van der Waals surface area contributed by atoms with Crippen LogP contribution in [-0.2, 0) is 0 Å². The average molecular weight is 418 g/mol. The molecule has 0 spiro atoms. The smallest absolute Gasteiger partial charge is 0.254 e. The van der Waals surface area contributed by atoms with Crippen molar-refractivity contribution in [2.24, 2.45) is 0 Å². The Morgan fingerprint density at radius 3 is 2.39 bits per heavy atom. The summed E-state index contributed by atoms with van der Waals surface area (Å²) in [5.74, 6) is 1.87. The van der Waals surface area contributed by atoms with Crippen molar-refractivity contribution in [2.75, 3.05) is 45.3 Å². The molecule has 0 atom stereocenters. The molecule has 0 N–H and O–H groups in total. The molecule has 1 fully saturated rings. The number of hydrogen-bond donors (Lipinski definition) is 0. The van der Waals surface area contributed by atoms with Crippen LogP contribution in [0.25, 0.3) is 11.5 Å². The minimum absolute atomic E-state index is 0.0799. The van der Waals surface area contributed by atoms with Crippen LogP contribution in [0.2, 0.25) is 0 Å². The van der Waals surface area contributed by atoms with Gasteiger partial charge in [-0.2, -0.15) is 10.2 Å². The number of methoxy groups -OCH3 is 2. The van der Waals surface area contributed by atoms with Gasteiger partial charge in [0.25, 0.3) is 5.91 Å². The zero-order valence-corrected chi connectivity index (χ0v) is 17.4. The van der Waals surface area contributed by atoms with Crippen LogP contribution in [0.1, 0.15) is 16.1 Å². The van der Waals surface area contributed by atoms with Crippen molar-refractivity contribution >= 4 is 11.8 Å². The van der Waals surface area contributed by atoms with Gasteiger partial charge < -0.3 is 23.7 Å². The Bertz CT molecular complexity index is 1110. The van der Waals surface area contributed by atoms with Gasteiger partial charge in [0.15, 0.2) is 11.5 Å². The molecule has 1 aromatic heterocycles. The lowest BCUT2D eigenvalue weighted by atomic mass is 10.1. The highest BCUT2D eigenvalue weighted by molar-refractivity contribution is 5.95. The Morgan fingerprint density at radius 2 is 1.74 bits per heavy atom. The molecule has 1 amide bonds. The number of anilines is 1. The lowest BCUT2D eigenvalue weighted by molar-refractivity contribution is 0.0745. The van der Waals surface area contributed by atoms with Crippen LogP contribution in [0, 0.1) is 11.3 Å². The van der Waals surface area contributed by atoms with Gasteiger partial charge in [-0.25, -0.2) is 0 Å². The molecule has 2 heterocycles.